The van der Waals surface area contributed by atoms with Crippen LogP contribution >= 0.6 is 0 Å². The standard InChI is InChI=1S/C10H17N3O2S/c1-3-11-6-7-16(14,15)13-10-5-4-9(2)12-8-10/h4-5,8,11,13H,3,6-7H2,1-2H3. The fraction of sp³-hybridized carbons (Fsp3) is 0.500. The van der Waals surface area contributed by atoms with Gasteiger partial charge in [-0.25, -0.2) is 8.42 Å². The van der Waals surface area contributed by atoms with Gasteiger partial charge in [0.2, 0.25) is 10.0 Å². The van der Waals surface area contributed by atoms with Crippen molar-refractivity contribution in [3.05, 3.63) is 24.0 Å². The summed E-state index contributed by atoms with van der Waals surface area (Å²) in [4.78, 5) is 4.02. The highest BCUT2D eigenvalue weighted by atomic mass is 32.2. The molecule has 0 amide bonds. The minimum Gasteiger partial charge on any atom is -0.316 e. The van der Waals surface area contributed by atoms with E-state index >= 15 is 0 Å². The summed E-state index contributed by atoms with van der Waals surface area (Å²) < 4.78 is 25.6. The Bertz CT molecular complexity index is 414. The van der Waals surface area contributed by atoms with Crippen molar-refractivity contribution in [3.63, 3.8) is 0 Å². The van der Waals surface area contributed by atoms with E-state index in [0.717, 1.165) is 12.2 Å². The van der Waals surface area contributed by atoms with Gasteiger partial charge in [0.15, 0.2) is 0 Å². The van der Waals surface area contributed by atoms with Gasteiger partial charge in [-0.05, 0) is 25.6 Å². The molecule has 0 aliphatic carbocycles. The zero-order valence-electron chi connectivity index (χ0n) is 9.53. The predicted octanol–water partition coefficient (Wildman–Crippen LogP) is 0.741. The number of nitrogens with one attached hydrogen (secondary N) is 2. The Morgan fingerprint density at radius 2 is 2.12 bits per heavy atom. The summed E-state index contributed by atoms with van der Waals surface area (Å²) in [5.41, 5.74) is 1.36. The summed E-state index contributed by atoms with van der Waals surface area (Å²) in [5, 5.41) is 2.96. The number of anilines is 1. The maximum atomic E-state index is 11.6. The molecule has 0 saturated heterocycles. The minimum absolute atomic E-state index is 0.0642. The molecule has 6 heteroatoms. The second kappa shape index (κ2) is 5.81. The molecule has 0 aliphatic heterocycles. The van der Waals surface area contributed by atoms with E-state index in [0.29, 0.717) is 12.2 Å². The molecule has 1 aromatic heterocycles. The summed E-state index contributed by atoms with van der Waals surface area (Å²) in [7, 11) is -3.27. The summed E-state index contributed by atoms with van der Waals surface area (Å²) in [6.45, 7) is 5.00. The highest BCUT2D eigenvalue weighted by Crippen LogP contribution is 2.07. The molecule has 5 nitrogen and oxygen atoms in total. The Morgan fingerprint density at radius 3 is 2.69 bits per heavy atom. The van der Waals surface area contributed by atoms with Crippen molar-refractivity contribution in [2.24, 2.45) is 0 Å². The van der Waals surface area contributed by atoms with Gasteiger partial charge in [0.1, 0.15) is 0 Å². The highest BCUT2D eigenvalue weighted by Gasteiger charge is 2.09. The van der Waals surface area contributed by atoms with E-state index < -0.39 is 10.0 Å². The van der Waals surface area contributed by atoms with Gasteiger partial charge in [0.05, 0.1) is 17.6 Å². The number of nitrogens with zero attached hydrogens (tertiary/aromatic N) is 1. The lowest BCUT2D eigenvalue weighted by Crippen LogP contribution is -2.26. The van der Waals surface area contributed by atoms with Crippen molar-refractivity contribution < 1.29 is 8.42 Å². The Kier molecular flexibility index (Phi) is 4.70. The monoisotopic (exact) mass is 243 g/mol. The highest BCUT2D eigenvalue weighted by molar-refractivity contribution is 7.92. The van der Waals surface area contributed by atoms with E-state index in [9.17, 15) is 8.42 Å². The maximum absolute atomic E-state index is 11.6. The van der Waals surface area contributed by atoms with Gasteiger partial charge in [0.25, 0.3) is 0 Å². The third-order valence-corrected chi connectivity index (χ3v) is 3.27. The van der Waals surface area contributed by atoms with E-state index in [1.54, 1.807) is 12.1 Å². The molecule has 16 heavy (non-hydrogen) atoms. The van der Waals surface area contributed by atoms with Crippen LogP contribution in [0.5, 0.6) is 0 Å². The first kappa shape index (κ1) is 12.9. The SMILES string of the molecule is CCNCCS(=O)(=O)Nc1ccc(C)nc1. The topological polar surface area (TPSA) is 71.1 Å². The molecule has 0 aromatic carbocycles. The van der Waals surface area contributed by atoms with Crippen LogP contribution in [0.25, 0.3) is 0 Å². The van der Waals surface area contributed by atoms with Gasteiger partial charge in [0, 0.05) is 12.2 Å². The van der Waals surface area contributed by atoms with Gasteiger partial charge in [-0.15, -0.1) is 0 Å². The first-order valence-corrected chi connectivity index (χ1v) is 6.82. The lowest BCUT2D eigenvalue weighted by molar-refractivity contribution is 0.597. The van der Waals surface area contributed by atoms with Crippen molar-refractivity contribution >= 4 is 15.7 Å². The van der Waals surface area contributed by atoms with Crippen LogP contribution in [0, 0.1) is 6.92 Å². The molecule has 0 fully saturated rings. The zero-order chi connectivity index (χ0) is 12.0. The van der Waals surface area contributed by atoms with Crippen LogP contribution < -0.4 is 10.0 Å². The molecule has 0 atom stereocenters. The lowest BCUT2D eigenvalue weighted by atomic mass is 10.4. The normalized spacial score (nSPS) is 11.4. The van der Waals surface area contributed by atoms with E-state index in [-0.39, 0.29) is 5.75 Å². The third kappa shape index (κ3) is 4.59. The fourth-order valence-corrected chi connectivity index (χ4v) is 2.14. The summed E-state index contributed by atoms with van der Waals surface area (Å²) in [6.07, 6.45) is 1.51. The first-order valence-electron chi connectivity index (χ1n) is 5.17. The van der Waals surface area contributed by atoms with Crippen molar-refractivity contribution in [1.82, 2.24) is 10.3 Å². The van der Waals surface area contributed by atoms with Gasteiger partial charge in [-0.1, -0.05) is 6.92 Å². The Labute approximate surface area is 96.3 Å². The largest absolute Gasteiger partial charge is 0.316 e. The fourth-order valence-electron chi connectivity index (χ4n) is 1.14. The summed E-state index contributed by atoms with van der Waals surface area (Å²) in [6, 6.07) is 3.47. The van der Waals surface area contributed by atoms with Crippen LogP contribution in [0.15, 0.2) is 18.3 Å². The lowest BCUT2D eigenvalue weighted by Gasteiger charge is -2.07. The number of pyridine rings is 1. The molecule has 2 N–H and O–H groups in total. The number of sulfonamides is 1. The molecule has 0 bridgehead atoms. The molecular formula is C10H17N3O2S. The van der Waals surface area contributed by atoms with Crippen LogP contribution in [0.2, 0.25) is 0 Å². The number of hydrogen-bond acceptors (Lipinski definition) is 4. The second-order valence-electron chi connectivity index (χ2n) is 3.46. The smallest absolute Gasteiger partial charge is 0.234 e. The maximum Gasteiger partial charge on any atom is 0.234 e. The Hall–Kier alpha value is -1.14. The number of aryl methyl sites for hydroxylation is 1. The second-order valence-corrected chi connectivity index (χ2v) is 5.30. The van der Waals surface area contributed by atoms with E-state index in [2.05, 4.69) is 15.0 Å². The molecule has 0 saturated carbocycles. The number of rotatable bonds is 6. The molecule has 1 rings (SSSR count). The van der Waals surface area contributed by atoms with E-state index in [4.69, 9.17) is 0 Å². The molecule has 0 unspecified atom stereocenters. The molecule has 0 radical (unpaired) electrons. The number of hydrogen-bond donors (Lipinski definition) is 2. The van der Waals surface area contributed by atoms with E-state index in [1.807, 2.05) is 13.8 Å². The van der Waals surface area contributed by atoms with Gasteiger partial charge >= 0.3 is 0 Å². The van der Waals surface area contributed by atoms with Crippen LogP contribution in [-0.4, -0.2) is 32.2 Å². The Balaban J connectivity index is 2.55. The average molecular weight is 243 g/mol. The summed E-state index contributed by atoms with van der Waals surface area (Å²) >= 11 is 0. The van der Waals surface area contributed by atoms with Crippen molar-refractivity contribution in [2.75, 3.05) is 23.6 Å². The van der Waals surface area contributed by atoms with Crippen molar-refractivity contribution in [2.45, 2.75) is 13.8 Å². The quantitative estimate of drug-likeness (QED) is 0.723. The zero-order valence-corrected chi connectivity index (χ0v) is 10.3. The third-order valence-electron chi connectivity index (χ3n) is 1.98. The molecular weight excluding hydrogens is 226 g/mol. The molecule has 1 aromatic rings. The van der Waals surface area contributed by atoms with Gasteiger partial charge < -0.3 is 5.32 Å². The Morgan fingerprint density at radius 1 is 1.38 bits per heavy atom. The van der Waals surface area contributed by atoms with Crippen LogP contribution in [0.3, 0.4) is 0 Å². The van der Waals surface area contributed by atoms with Crippen molar-refractivity contribution in [3.8, 4) is 0 Å². The van der Waals surface area contributed by atoms with Crippen LogP contribution in [0.1, 0.15) is 12.6 Å². The first-order chi connectivity index (χ1) is 7.53. The molecule has 0 spiro atoms. The molecule has 1 heterocycles. The molecule has 0 aliphatic rings. The average Bonchev–Trinajstić information content (AvgIpc) is 2.21. The minimum atomic E-state index is -3.27. The molecule has 90 valence electrons. The van der Waals surface area contributed by atoms with Crippen LogP contribution in [-0.2, 0) is 10.0 Å². The van der Waals surface area contributed by atoms with Gasteiger partial charge in [-0.2, -0.15) is 0 Å². The van der Waals surface area contributed by atoms with Gasteiger partial charge in [-0.3, -0.25) is 9.71 Å². The summed E-state index contributed by atoms with van der Waals surface area (Å²) in [5.74, 6) is 0.0642. The van der Waals surface area contributed by atoms with E-state index in [1.165, 1.54) is 6.20 Å². The van der Waals surface area contributed by atoms with Crippen LogP contribution in [0.4, 0.5) is 5.69 Å². The predicted molar refractivity (Wildman–Crippen MR) is 64.9 cm³/mol. The van der Waals surface area contributed by atoms with Crippen molar-refractivity contribution in [1.29, 1.82) is 0 Å². The number of aromatic nitrogens is 1.